The molecule has 2 unspecified atom stereocenters. The second-order valence-electron chi connectivity index (χ2n) is 5.28. The Balaban J connectivity index is 2.31. The molecule has 1 aliphatic heterocycles. The van der Waals surface area contributed by atoms with Crippen LogP contribution in [0.15, 0.2) is 24.3 Å². The molecule has 0 saturated heterocycles. The number of carbonyl (C=O) groups is 2. The van der Waals surface area contributed by atoms with Gasteiger partial charge in [0.1, 0.15) is 0 Å². The Morgan fingerprint density at radius 2 is 2.15 bits per heavy atom. The number of rotatable bonds is 4. The Morgan fingerprint density at radius 3 is 2.80 bits per heavy atom. The number of amides is 1. The number of carboxylic acids is 1. The van der Waals surface area contributed by atoms with Crippen molar-refractivity contribution >= 4 is 17.6 Å². The topological polar surface area (TPSA) is 69.6 Å². The lowest BCUT2D eigenvalue weighted by Crippen LogP contribution is -2.46. The standard InChI is InChI=1S/C15H20N2O3/c1-10(8-16-2)14(18)17-9-12(15(19)20)7-11-5-3-4-6-13(11)17/h3-6,10,12,16H,7-9H2,1-2H3,(H,19,20). The monoisotopic (exact) mass is 276 g/mol. The first kappa shape index (κ1) is 14.5. The molecule has 108 valence electrons. The van der Waals surface area contributed by atoms with Crippen LogP contribution >= 0.6 is 0 Å². The van der Waals surface area contributed by atoms with Gasteiger partial charge in [0.2, 0.25) is 5.91 Å². The molecule has 5 heteroatoms. The maximum Gasteiger partial charge on any atom is 0.308 e. The van der Waals surface area contributed by atoms with E-state index in [0.717, 1.165) is 11.3 Å². The van der Waals surface area contributed by atoms with E-state index in [1.807, 2.05) is 31.2 Å². The molecule has 1 aromatic carbocycles. The molecule has 1 heterocycles. The van der Waals surface area contributed by atoms with E-state index in [0.29, 0.717) is 13.0 Å². The molecule has 1 amide bonds. The van der Waals surface area contributed by atoms with Crippen molar-refractivity contribution in [3.05, 3.63) is 29.8 Å². The zero-order valence-corrected chi connectivity index (χ0v) is 11.8. The molecular weight excluding hydrogens is 256 g/mol. The molecule has 2 rings (SSSR count). The molecule has 0 bridgehead atoms. The van der Waals surface area contributed by atoms with Gasteiger partial charge in [0, 0.05) is 24.7 Å². The number of fused-ring (bicyclic) bond motifs is 1. The molecule has 0 aliphatic carbocycles. The van der Waals surface area contributed by atoms with Crippen LogP contribution in [0.2, 0.25) is 0 Å². The first-order chi connectivity index (χ1) is 9.54. The predicted molar refractivity (Wildman–Crippen MR) is 76.7 cm³/mol. The number of carboxylic acid groups (broad SMARTS) is 1. The molecular formula is C15H20N2O3. The number of carbonyl (C=O) groups excluding carboxylic acids is 1. The van der Waals surface area contributed by atoms with Gasteiger partial charge < -0.3 is 15.3 Å². The van der Waals surface area contributed by atoms with Crippen LogP contribution in [-0.2, 0) is 16.0 Å². The Labute approximate surface area is 118 Å². The Morgan fingerprint density at radius 1 is 1.45 bits per heavy atom. The minimum Gasteiger partial charge on any atom is -0.481 e. The van der Waals surface area contributed by atoms with Crippen molar-refractivity contribution in [3.8, 4) is 0 Å². The highest BCUT2D eigenvalue weighted by molar-refractivity contribution is 5.97. The molecule has 1 aromatic rings. The van der Waals surface area contributed by atoms with Crippen LogP contribution in [0.5, 0.6) is 0 Å². The Kier molecular flexibility index (Phi) is 4.39. The van der Waals surface area contributed by atoms with Gasteiger partial charge in [0.15, 0.2) is 0 Å². The molecule has 2 N–H and O–H groups in total. The molecule has 5 nitrogen and oxygen atoms in total. The van der Waals surface area contributed by atoms with E-state index in [-0.39, 0.29) is 18.4 Å². The molecule has 1 aliphatic rings. The number of anilines is 1. The van der Waals surface area contributed by atoms with Crippen LogP contribution in [0.25, 0.3) is 0 Å². The van der Waals surface area contributed by atoms with Crippen LogP contribution in [0.1, 0.15) is 12.5 Å². The van der Waals surface area contributed by atoms with Crippen molar-refractivity contribution in [2.75, 3.05) is 25.0 Å². The smallest absolute Gasteiger partial charge is 0.308 e. The van der Waals surface area contributed by atoms with Crippen molar-refractivity contribution in [1.82, 2.24) is 5.32 Å². The molecule has 0 aromatic heterocycles. The maximum absolute atomic E-state index is 12.5. The maximum atomic E-state index is 12.5. The van der Waals surface area contributed by atoms with Crippen LogP contribution < -0.4 is 10.2 Å². The fourth-order valence-electron chi connectivity index (χ4n) is 2.63. The predicted octanol–water partition coefficient (Wildman–Crippen LogP) is 1.13. The lowest BCUT2D eigenvalue weighted by molar-refractivity contribution is -0.141. The molecule has 0 saturated carbocycles. The van der Waals surface area contributed by atoms with E-state index in [9.17, 15) is 14.7 Å². The van der Waals surface area contributed by atoms with E-state index in [4.69, 9.17) is 0 Å². The second kappa shape index (κ2) is 6.05. The van der Waals surface area contributed by atoms with Gasteiger partial charge in [-0.3, -0.25) is 9.59 Å². The van der Waals surface area contributed by atoms with Gasteiger partial charge in [0.05, 0.1) is 5.92 Å². The molecule has 0 spiro atoms. The summed E-state index contributed by atoms with van der Waals surface area (Å²) in [7, 11) is 1.80. The molecule has 20 heavy (non-hydrogen) atoms. The van der Waals surface area contributed by atoms with Gasteiger partial charge in [-0.05, 0) is 25.1 Å². The zero-order valence-electron chi connectivity index (χ0n) is 11.8. The minimum absolute atomic E-state index is 0.0299. The summed E-state index contributed by atoms with van der Waals surface area (Å²) in [4.78, 5) is 25.4. The highest BCUT2D eigenvalue weighted by Crippen LogP contribution is 2.30. The molecule has 2 atom stereocenters. The summed E-state index contributed by atoms with van der Waals surface area (Å²) in [6.45, 7) is 2.68. The Hall–Kier alpha value is -1.88. The van der Waals surface area contributed by atoms with Crippen molar-refractivity contribution in [2.45, 2.75) is 13.3 Å². The quantitative estimate of drug-likeness (QED) is 0.865. The summed E-state index contributed by atoms with van der Waals surface area (Å²) in [6, 6.07) is 7.54. The number of benzene rings is 1. The number of nitrogens with one attached hydrogen (secondary N) is 1. The van der Waals surface area contributed by atoms with E-state index in [2.05, 4.69) is 5.32 Å². The van der Waals surface area contributed by atoms with Crippen molar-refractivity contribution < 1.29 is 14.7 Å². The van der Waals surface area contributed by atoms with Crippen molar-refractivity contribution in [3.63, 3.8) is 0 Å². The van der Waals surface area contributed by atoms with Gasteiger partial charge in [-0.2, -0.15) is 0 Å². The summed E-state index contributed by atoms with van der Waals surface area (Å²) in [5.74, 6) is -1.59. The largest absolute Gasteiger partial charge is 0.481 e. The highest BCUT2D eigenvalue weighted by Gasteiger charge is 2.33. The normalized spacial score (nSPS) is 19.3. The third-order valence-electron chi connectivity index (χ3n) is 3.70. The summed E-state index contributed by atoms with van der Waals surface area (Å²) in [5, 5.41) is 12.2. The third kappa shape index (κ3) is 2.82. The minimum atomic E-state index is -0.849. The van der Waals surface area contributed by atoms with E-state index in [1.165, 1.54) is 0 Å². The lowest BCUT2D eigenvalue weighted by atomic mass is 9.91. The van der Waals surface area contributed by atoms with E-state index in [1.54, 1.807) is 11.9 Å². The average Bonchev–Trinajstić information content (AvgIpc) is 2.45. The van der Waals surface area contributed by atoms with Gasteiger partial charge >= 0.3 is 5.97 Å². The molecule has 0 fully saturated rings. The Bertz CT molecular complexity index is 516. The lowest BCUT2D eigenvalue weighted by Gasteiger charge is -2.34. The first-order valence-corrected chi connectivity index (χ1v) is 6.81. The third-order valence-corrected chi connectivity index (χ3v) is 3.70. The average molecular weight is 276 g/mol. The fraction of sp³-hybridized carbons (Fsp3) is 0.467. The van der Waals surface area contributed by atoms with Crippen LogP contribution in [0, 0.1) is 11.8 Å². The molecule has 0 radical (unpaired) electrons. The van der Waals surface area contributed by atoms with Crippen LogP contribution in [0.3, 0.4) is 0 Å². The number of aliphatic carboxylic acids is 1. The summed E-state index contributed by atoms with van der Waals surface area (Å²) >= 11 is 0. The van der Waals surface area contributed by atoms with Crippen LogP contribution in [-0.4, -0.2) is 37.1 Å². The summed E-state index contributed by atoms with van der Waals surface area (Å²) < 4.78 is 0. The number of hydrogen-bond acceptors (Lipinski definition) is 3. The fourth-order valence-corrected chi connectivity index (χ4v) is 2.63. The van der Waals surface area contributed by atoms with Gasteiger partial charge in [0.25, 0.3) is 0 Å². The van der Waals surface area contributed by atoms with E-state index >= 15 is 0 Å². The van der Waals surface area contributed by atoms with Crippen molar-refractivity contribution in [1.29, 1.82) is 0 Å². The highest BCUT2D eigenvalue weighted by atomic mass is 16.4. The van der Waals surface area contributed by atoms with Gasteiger partial charge in [-0.1, -0.05) is 25.1 Å². The second-order valence-corrected chi connectivity index (χ2v) is 5.28. The van der Waals surface area contributed by atoms with E-state index < -0.39 is 11.9 Å². The summed E-state index contributed by atoms with van der Waals surface area (Å²) in [6.07, 6.45) is 0.482. The summed E-state index contributed by atoms with van der Waals surface area (Å²) in [5.41, 5.74) is 1.77. The number of nitrogens with zero attached hydrogens (tertiary/aromatic N) is 1. The number of hydrogen-bond donors (Lipinski definition) is 2. The first-order valence-electron chi connectivity index (χ1n) is 6.81. The number of para-hydroxylation sites is 1. The van der Waals surface area contributed by atoms with Gasteiger partial charge in [-0.25, -0.2) is 0 Å². The van der Waals surface area contributed by atoms with Crippen molar-refractivity contribution in [2.24, 2.45) is 11.8 Å². The van der Waals surface area contributed by atoms with Crippen LogP contribution in [0.4, 0.5) is 5.69 Å². The zero-order chi connectivity index (χ0) is 14.7. The van der Waals surface area contributed by atoms with Gasteiger partial charge in [-0.15, -0.1) is 0 Å². The SMILES string of the molecule is CNCC(C)C(=O)N1CC(C(=O)O)Cc2ccccc21.